The molecule has 0 aliphatic rings. The molecular formula is C12H14F2N2O3. The lowest BCUT2D eigenvalue weighted by molar-refractivity contribution is -0.139. The van der Waals surface area contributed by atoms with Crippen LogP contribution < -0.4 is 10.6 Å². The Bertz CT molecular complexity index is 480. The molecule has 0 fully saturated rings. The summed E-state index contributed by atoms with van der Waals surface area (Å²) in [6, 6.07) is 0.623. The van der Waals surface area contributed by atoms with E-state index < -0.39 is 29.7 Å². The Kier molecular flexibility index (Phi) is 5.23. The molecule has 1 rings (SSSR count). The Labute approximate surface area is 108 Å². The number of carbonyl (C=O) groups excluding carboxylic acids is 1. The van der Waals surface area contributed by atoms with Gasteiger partial charge >= 0.3 is 12.0 Å². The number of carbonyl (C=O) groups is 2. The quantitative estimate of drug-likeness (QED) is 0.769. The van der Waals surface area contributed by atoms with Crippen molar-refractivity contribution in [2.45, 2.75) is 25.8 Å². The van der Waals surface area contributed by atoms with Gasteiger partial charge in [-0.05, 0) is 18.6 Å². The number of hydrogen-bond acceptors (Lipinski definition) is 2. The number of rotatable bonds is 5. The Morgan fingerprint density at radius 2 is 2.05 bits per heavy atom. The number of anilines is 1. The molecule has 3 N–H and O–H groups in total. The average Bonchev–Trinajstić information content (AvgIpc) is 2.33. The van der Waals surface area contributed by atoms with Gasteiger partial charge in [0.05, 0.1) is 5.69 Å². The first-order valence-corrected chi connectivity index (χ1v) is 5.69. The molecule has 1 unspecified atom stereocenters. The number of urea groups is 1. The number of nitrogens with one attached hydrogen (secondary N) is 2. The van der Waals surface area contributed by atoms with Crippen molar-refractivity contribution in [3.8, 4) is 0 Å². The number of amides is 2. The Morgan fingerprint density at radius 3 is 2.63 bits per heavy atom. The number of hydrogen-bond donors (Lipinski definition) is 3. The standard InChI is InChI=1S/C12H14F2N2O3/c1-2-3-9(11(17)18)15-12(19)16-10-6-7(13)4-5-8(10)14/h4-6,9H,2-3H2,1H3,(H,17,18)(H2,15,16,19). The van der Waals surface area contributed by atoms with Gasteiger partial charge in [0.25, 0.3) is 0 Å². The van der Waals surface area contributed by atoms with Crippen LogP contribution in [0.15, 0.2) is 18.2 Å². The van der Waals surface area contributed by atoms with Gasteiger partial charge in [-0.2, -0.15) is 0 Å². The average molecular weight is 272 g/mol. The van der Waals surface area contributed by atoms with Crippen LogP contribution in [-0.2, 0) is 4.79 Å². The van der Waals surface area contributed by atoms with Crippen molar-refractivity contribution in [3.63, 3.8) is 0 Å². The summed E-state index contributed by atoms with van der Waals surface area (Å²) in [5.74, 6) is -2.70. The molecule has 2 amide bonds. The molecule has 19 heavy (non-hydrogen) atoms. The molecule has 0 aliphatic carbocycles. The Hall–Kier alpha value is -2.18. The summed E-state index contributed by atoms with van der Waals surface area (Å²) >= 11 is 0. The van der Waals surface area contributed by atoms with E-state index in [2.05, 4.69) is 10.6 Å². The zero-order chi connectivity index (χ0) is 14.4. The van der Waals surface area contributed by atoms with E-state index in [0.29, 0.717) is 6.42 Å². The van der Waals surface area contributed by atoms with Crippen molar-refractivity contribution < 1.29 is 23.5 Å². The van der Waals surface area contributed by atoms with Gasteiger partial charge in [-0.3, -0.25) is 0 Å². The number of carboxylic acid groups (broad SMARTS) is 1. The molecule has 1 aromatic rings. The van der Waals surface area contributed by atoms with Gasteiger partial charge in [0.15, 0.2) is 0 Å². The van der Waals surface area contributed by atoms with E-state index in [9.17, 15) is 18.4 Å². The molecule has 1 aromatic carbocycles. The van der Waals surface area contributed by atoms with E-state index >= 15 is 0 Å². The number of carboxylic acids is 1. The second-order valence-corrected chi connectivity index (χ2v) is 3.90. The van der Waals surface area contributed by atoms with Crippen LogP contribution in [0.5, 0.6) is 0 Å². The largest absolute Gasteiger partial charge is 0.480 e. The Morgan fingerprint density at radius 1 is 1.37 bits per heavy atom. The van der Waals surface area contributed by atoms with Crippen molar-refractivity contribution in [1.82, 2.24) is 5.32 Å². The number of benzene rings is 1. The molecule has 0 heterocycles. The van der Waals surface area contributed by atoms with Gasteiger partial charge in [-0.1, -0.05) is 13.3 Å². The summed E-state index contributed by atoms with van der Waals surface area (Å²) in [6.07, 6.45) is 0.806. The van der Waals surface area contributed by atoms with Gasteiger partial charge in [0.1, 0.15) is 17.7 Å². The van der Waals surface area contributed by atoms with Crippen LogP contribution in [0.3, 0.4) is 0 Å². The number of halogens is 2. The fourth-order valence-corrected chi connectivity index (χ4v) is 1.46. The van der Waals surface area contributed by atoms with Gasteiger partial charge < -0.3 is 15.7 Å². The fourth-order valence-electron chi connectivity index (χ4n) is 1.46. The van der Waals surface area contributed by atoms with Crippen LogP contribution in [0.25, 0.3) is 0 Å². The maximum Gasteiger partial charge on any atom is 0.326 e. The lowest BCUT2D eigenvalue weighted by Crippen LogP contribution is -2.43. The first-order valence-electron chi connectivity index (χ1n) is 5.69. The van der Waals surface area contributed by atoms with E-state index in [4.69, 9.17) is 5.11 Å². The predicted molar refractivity (Wildman–Crippen MR) is 64.8 cm³/mol. The van der Waals surface area contributed by atoms with Gasteiger partial charge in [-0.15, -0.1) is 0 Å². The zero-order valence-electron chi connectivity index (χ0n) is 10.2. The molecular weight excluding hydrogens is 258 g/mol. The van der Waals surface area contributed by atoms with Crippen molar-refractivity contribution >= 4 is 17.7 Å². The molecule has 7 heteroatoms. The van der Waals surface area contributed by atoms with Crippen LogP contribution >= 0.6 is 0 Å². The van der Waals surface area contributed by atoms with Crippen LogP contribution in [0.4, 0.5) is 19.3 Å². The first kappa shape index (κ1) is 14.9. The molecule has 1 atom stereocenters. The lowest BCUT2D eigenvalue weighted by atomic mass is 10.2. The summed E-state index contributed by atoms with van der Waals surface area (Å²) in [7, 11) is 0. The molecule has 104 valence electrons. The van der Waals surface area contributed by atoms with E-state index in [1.165, 1.54) is 0 Å². The number of aliphatic carboxylic acids is 1. The summed E-state index contributed by atoms with van der Waals surface area (Å²) < 4.78 is 26.1. The third-order valence-electron chi connectivity index (χ3n) is 2.36. The highest BCUT2D eigenvalue weighted by Crippen LogP contribution is 2.15. The topological polar surface area (TPSA) is 78.4 Å². The molecule has 0 saturated carbocycles. The Balaban J connectivity index is 2.68. The molecule has 0 aliphatic heterocycles. The highest BCUT2D eigenvalue weighted by Gasteiger charge is 2.19. The van der Waals surface area contributed by atoms with Crippen molar-refractivity contribution in [3.05, 3.63) is 29.8 Å². The second-order valence-electron chi connectivity index (χ2n) is 3.90. The fraction of sp³-hybridized carbons (Fsp3) is 0.333. The molecule has 0 radical (unpaired) electrons. The monoisotopic (exact) mass is 272 g/mol. The molecule has 0 bridgehead atoms. The molecule has 0 saturated heterocycles. The highest BCUT2D eigenvalue weighted by atomic mass is 19.1. The van der Waals surface area contributed by atoms with E-state index in [1.807, 2.05) is 0 Å². The minimum atomic E-state index is -1.18. The van der Waals surface area contributed by atoms with Crippen molar-refractivity contribution in [2.75, 3.05) is 5.32 Å². The third kappa shape index (κ3) is 4.53. The van der Waals surface area contributed by atoms with Crippen LogP contribution in [0, 0.1) is 11.6 Å². The second kappa shape index (κ2) is 6.67. The maximum absolute atomic E-state index is 13.2. The van der Waals surface area contributed by atoms with Crippen molar-refractivity contribution in [1.29, 1.82) is 0 Å². The summed E-state index contributed by atoms with van der Waals surface area (Å²) in [6.45, 7) is 1.77. The van der Waals surface area contributed by atoms with Crippen LogP contribution in [-0.4, -0.2) is 23.1 Å². The van der Waals surface area contributed by atoms with Gasteiger partial charge in [0, 0.05) is 6.07 Å². The SMILES string of the molecule is CCCC(NC(=O)Nc1cc(F)ccc1F)C(=O)O. The summed E-state index contributed by atoms with van der Waals surface area (Å²) in [4.78, 5) is 22.3. The summed E-state index contributed by atoms with van der Waals surface area (Å²) in [5.41, 5.74) is -0.349. The molecule has 5 nitrogen and oxygen atoms in total. The predicted octanol–water partition coefficient (Wildman–Crippen LogP) is 2.34. The van der Waals surface area contributed by atoms with Crippen LogP contribution in [0.2, 0.25) is 0 Å². The summed E-state index contributed by atoms with van der Waals surface area (Å²) in [5, 5.41) is 13.1. The zero-order valence-corrected chi connectivity index (χ0v) is 10.2. The molecule has 0 aromatic heterocycles. The van der Waals surface area contributed by atoms with E-state index in [1.54, 1.807) is 6.92 Å². The first-order chi connectivity index (χ1) is 8.93. The van der Waals surface area contributed by atoms with E-state index in [0.717, 1.165) is 18.2 Å². The maximum atomic E-state index is 13.2. The van der Waals surface area contributed by atoms with Crippen molar-refractivity contribution in [2.24, 2.45) is 0 Å². The molecule has 0 spiro atoms. The van der Waals surface area contributed by atoms with Gasteiger partial charge in [-0.25, -0.2) is 18.4 Å². The highest BCUT2D eigenvalue weighted by molar-refractivity contribution is 5.92. The minimum Gasteiger partial charge on any atom is -0.480 e. The van der Waals surface area contributed by atoms with Crippen LogP contribution in [0.1, 0.15) is 19.8 Å². The van der Waals surface area contributed by atoms with Gasteiger partial charge in [0.2, 0.25) is 0 Å². The smallest absolute Gasteiger partial charge is 0.326 e. The lowest BCUT2D eigenvalue weighted by Gasteiger charge is -2.14. The van der Waals surface area contributed by atoms with E-state index in [-0.39, 0.29) is 12.1 Å². The minimum absolute atomic E-state index is 0.244. The normalized spacial score (nSPS) is 11.7. The third-order valence-corrected chi connectivity index (χ3v) is 2.36.